The van der Waals surface area contributed by atoms with E-state index in [1.165, 1.54) is 0 Å². The Labute approximate surface area is 89.7 Å². The van der Waals surface area contributed by atoms with E-state index in [9.17, 15) is 0 Å². The number of rotatable bonds is 5. The van der Waals surface area contributed by atoms with Crippen LogP contribution < -0.4 is 5.32 Å². The second kappa shape index (κ2) is 5.86. The molecule has 0 aliphatic carbocycles. The molecule has 78 valence electrons. The average Bonchev–Trinajstić information content (AvgIpc) is 2.18. The maximum absolute atomic E-state index is 4.18. The van der Waals surface area contributed by atoms with Gasteiger partial charge in [0.25, 0.3) is 0 Å². The molecule has 0 aromatic carbocycles. The molecular weight excluding hydrogens is 194 g/mol. The number of aromatic nitrogens is 2. The lowest BCUT2D eigenvalue weighted by atomic mass is 10.3. The standard InChI is InChI=1S/C10H17N3S/c1-4-9-5-10(12-7-11-9)13-8(2)6-14-3/h5,7-8H,4,6H2,1-3H3,(H,11,12,13). The van der Waals surface area contributed by atoms with Gasteiger partial charge in [0, 0.05) is 23.6 Å². The van der Waals surface area contributed by atoms with Crippen molar-refractivity contribution in [3.05, 3.63) is 18.1 Å². The Bertz CT molecular complexity index is 278. The van der Waals surface area contributed by atoms with Gasteiger partial charge in [-0.3, -0.25) is 0 Å². The fraction of sp³-hybridized carbons (Fsp3) is 0.600. The zero-order valence-corrected chi connectivity index (χ0v) is 9.77. The van der Waals surface area contributed by atoms with Crippen LogP contribution in [0.15, 0.2) is 12.4 Å². The van der Waals surface area contributed by atoms with Crippen LogP contribution in [0.4, 0.5) is 5.82 Å². The van der Waals surface area contributed by atoms with Gasteiger partial charge in [-0.2, -0.15) is 11.8 Å². The molecule has 1 heterocycles. The minimum atomic E-state index is 0.449. The first kappa shape index (κ1) is 11.3. The Morgan fingerprint density at radius 1 is 1.50 bits per heavy atom. The molecule has 0 saturated carbocycles. The highest BCUT2D eigenvalue weighted by Gasteiger charge is 2.02. The Morgan fingerprint density at radius 3 is 2.93 bits per heavy atom. The molecule has 3 nitrogen and oxygen atoms in total. The third-order valence-corrected chi connectivity index (χ3v) is 2.73. The van der Waals surface area contributed by atoms with Crippen LogP contribution in [0.1, 0.15) is 19.5 Å². The van der Waals surface area contributed by atoms with E-state index in [1.807, 2.05) is 17.8 Å². The number of thioether (sulfide) groups is 1. The van der Waals surface area contributed by atoms with Crippen LogP contribution in [-0.2, 0) is 6.42 Å². The molecule has 1 N–H and O–H groups in total. The zero-order chi connectivity index (χ0) is 10.4. The summed E-state index contributed by atoms with van der Waals surface area (Å²) in [7, 11) is 0. The van der Waals surface area contributed by atoms with Gasteiger partial charge in [0.05, 0.1) is 0 Å². The summed E-state index contributed by atoms with van der Waals surface area (Å²) in [5.41, 5.74) is 1.08. The van der Waals surface area contributed by atoms with Crippen molar-refractivity contribution in [1.29, 1.82) is 0 Å². The summed E-state index contributed by atoms with van der Waals surface area (Å²) in [5.74, 6) is 2.02. The van der Waals surface area contributed by atoms with Gasteiger partial charge in [0.15, 0.2) is 0 Å². The summed E-state index contributed by atoms with van der Waals surface area (Å²) >= 11 is 1.83. The van der Waals surface area contributed by atoms with Crippen molar-refractivity contribution in [3.8, 4) is 0 Å². The third kappa shape index (κ3) is 3.54. The normalized spacial score (nSPS) is 12.5. The first-order valence-corrected chi connectivity index (χ1v) is 6.22. The molecule has 0 fully saturated rings. The van der Waals surface area contributed by atoms with E-state index in [1.54, 1.807) is 6.33 Å². The molecule has 0 spiro atoms. The molecule has 0 amide bonds. The molecule has 14 heavy (non-hydrogen) atoms. The highest BCUT2D eigenvalue weighted by Crippen LogP contribution is 2.08. The highest BCUT2D eigenvalue weighted by atomic mass is 32.2. The van der Waals surface area contributed by atoms with Gasteiger partial charge in [-0.25, -0.2) is 9.97 Å². The van der Waals surface area contributed by atoms with Crippen molar-refractivity contribution in [2.45, 2.75) is 26.3 Å². The molecule has 0 bridgehead atoms. The van der Waals surface area contributed by atoms with Crippen LogP contribution in [0, 0.1) is 0 Å². The van der Waals surface area contributed by atoms with Gasteiger partial charge in [0.1, 0.15) is 12.1 Å². The van der Waals surface area contributed by atoms with Crippen molar-refractivity contribution in [2.75, 3.05) is 17.3 Å². The van der Waals surface area contributed by atoms with Crippen molar-refractivity contribution >= 4 is 17.6 Å². The molecule has 1 aromatic heterocycles. The summed E-state index contributed by atoms with van der Waals surface area (Å²) in [6.07, 6.45) is 4.68. The van der Waals surface area contributed by atoms with Crippen molar-refractivity contribution < 1.29 is 0 Å². The summed E-state index contributed by atoms with van der Waals surface area (Å²) in [6.45, 7) is 4.25. The van der Waals surface area contributed by atoms with Crippen LogP contribution in [0.25, 0.3) is 0 Å². The molecule has 1 aromatic rings. The van der Waals surface area contributed by atoms with E-state index in [4.69, 9.17) is 0 Å². The van der Waals surface area contributed by atoms with Gasteiger partial charge in [-0.1, -0.05) is 6.92 Å². The summed E-state index contributed by atoms with van der Waals surface area (Å²) in [6, 6.07) is 2.46. The topological polar surface area (TPSA) is 37.8 Å². The number of nitrogens with zero attached hydrogens (tertiary/aromatic N) is 2. The molecule has 0 radical (unpaired) electrons. The zero-order valence-electron chi connectivity index (χ0n) is 8.95. The largest absolute Gasteiger partial charge is 0.367 e. The molecule has 1 rings (SSSR count). The van der Waals surface area contributed by atoms with Crippen molar-refractivity contribution in [3.63, 3.8) is 0 Å². The second-order valence-corrected chi connectivity index (χ2v) is 4.16. The van der Waals surface area contributed by atoms with Gasteiger partial charge in [-0.15, -0.1) is 0 Å². The predicted octanol–water partition coefficient (Wildman–Crippen LogP) is 2.20. The van der Waals surface area contributed by atoms with E-state index in [2.05, 4.69) is 35.4 Å². The van der Waals surface area contributed by atoms with Gasteiger partial charge in [0.2, 0.25) is 0 Å². The van der Waals surface area contributed by atoms with Crippen LogP contribution >= 0.6 is 11.8 Å². The number of nitrogens with one attached hydrogen (secondary N) is 1. The minimum absolute atomic E-state index is 0.449. The molecular formula is C10H17N3S. The van der Waals surface area contributed by atoms with Crippen LogP contribution in [-0.4, -0.2) is 28.0 Å². The van der Waals surface area contributed by atoms with E-state index in [0.29, 0.717) is 6.04 Å². The van der Waals surface area contributed by atoms with E-state index in [-0.39, 0.29) is 0 Å². The number of aryl methyl sites for hydroxylation is 1. The van der Waals surface area contributed by atoms with Gasteiger partial charge < -0.3 is 5.32 Å². The monoisotopic (exact) mass is 211 g/mol. The average molecular weight is 211 g/mol. The van der Waals surface area contributed by atoms with Crippen molar-refractivity contribution in [2.24, 2.45) is 0 Å². The number of anilines is 1. The predicted molar refractivity (Wildman–Crippen MR) is 62.9 cm³/mol. The Morgan fingerprint density at radius 2 is 2.29 bits per heavy atom. The SMILES string of the molecule is CCc1cc(NC(C)CSC)ncn1. The third-order valence-electron chi connectivity index (χ3n) is 1.90. The van der Waals surface area contributed by atoms with Gasteiger partial charge in [-0.05, 0) is 19.6 Å². The lowest BCUT2D eigenvalue weighted by molar-refractivity contribution is 0.892. The summed E-state index contributed by atoms with van der Waals surface area (Å²) < 4.78 is 0. The molecule has 4 heteroatoms. The molecule has 0 saturated heterocycles. The molecule has 1 atom stereocenters. The van der Waals surface area contributed by atoms with Crippen LogP contribution in [0.5, 0.6) is 0 Å². The molecule has 0 aliphatic heterocycles. The fourth-order valence-electron chi connectivity index (χ4n) is 1.21. The van der Waals surface area contributed by atoms with Crippen LogP contribution in [0.3, 0.4) is 0 Å². The van der Waals surface area contributed by atoms with Crippen molar-refractivity contribution in [1.82, 2.24) is 9.97 Å². The second-order valence-electron chi connectivity index (χ2n) is 3.25. The lowest BCUT2D eigenvalue weighted by Gasteiger charge is -2.12. The minimum Gasteiger partial charge on any atom is -0.367 e. The molecule has 0 aliphatic rings. The van der Waals surface area contributed by atoms with E-state index >= 15 is 0 Å². The van der Waals surface area contributed by atoms with Gasteiger partial charge >= 0.3 is 0 Å². The summed E-state index contributed by atoms with van der Waals surface area (Å²) in [5, 5.41) is 3.35. The summed E-state index contributed by atoms with van der Waals surface area (Å²) in [4.78, 5) is 8.33. The van der Waals surface area contributed by atoms with E-state index < -0.39 is 0 Å². The Kier molecular flexibility index (Phi) is 4.73. The molecule has 1 unspecified atom stereocenters. The van der Waals surface area contributed by atoms with E-state index in [0.717, 1.165) is 23.7 Å². The quantitative estimate of drug-likeness (QED) is 0.810. The maximum atomic E-state index is 4.18. The Hall–Kier alpha value is -0.770. The highest BCUT2D eigenvalue weighted by molar-refractivity contribution is 7.98. The maximum Gasteiger partial charge on any atom is 0.129 e. The lowest BCUT2D eigenvalue weighted by Crippen LogP contribution is -2.18. The number of hydrogen-bond donors (Lipinski definition) is 1. The first-order chi connectivity index (χ1) is 6.76. The fourth-order valence-corrected chi connectivity index (χ4v) is 1.80. The Balaban J connectivity index is 2.57. The van der Waals surface area contributed by atoms with Crippen LogP contribution in [0.2, 0.25) is 0 Å². The first-order valence-electron chi connectivity index (χ1n) is 4.82. The smallest absolute Gasteiger partial charge is 0.129 e. The number of hydrogen-bond acceptors (Lipinski definition) is 4.